The van der Waals surface area contributed by atoms with Gasteiger partial charge in [0.15, 0.2) is 6.29 Å². The van der Waals surface area contributed by atoms with E-state index in [1.807, 2.05) is 0 Å². The number of benzene rings is 1. The highest BCUT2D eigenvalue weighted by atomic mass is 16.7. The standard InChI is InChI=1S/C14H21NO5/c1-9(14(19-4)20-5)15-13(16)12-10(17-2)7-6-8-11(12)18-3/h6-9,14H,1-5H3,(H,15,16). The third kappa shape index (κ3) is 3.61. The second kappa shape index (κ2) is 7.72. The Morgan fingerprint density at radius 2 is 1.55 bits per heavy atom. The van der Waals surface area contributed by atoms with Crippen molar-refractivity contribution in [2.24, 2.45) is 0 Å². The maximum Gasteiger partial charge on any atom is 0.259 e. The van der Waals surface area contributed by atoms with Crippen molar-refractivity contribution < 1.29 is 23.7 Å². The summed E-state index contributed by atoms with van der Waals surface area (Å²) < 4.78 is 20.6. The largest absolute Gasteiger partial charge is 0.496 e. The molecule has 0 saturated heterocycles. The van der Waals surface area contributed by atoms with Gasteiger partial charge >= 0.3 is 0 Å². The molecule has 1 aromatic carbocycles. The van der Waals surface area contributed by atoms with Crippen molar-refractivity contribution in [3.05, 3.63) is 23.8 Å². The van der Waals surface area contributed by atoms with Crippen LogP contribution in [-0.2, 0) is 9.47 Å². The van der Waals surface area contributed by atoms with Gasteiger partial charge in [0.1, 0.15) is 17.1 Å². The number of hydrogen-bond donors (Lipinski definition) is 1. The maximum absolute atomic E-state index is 12.4. The van der Waals surface area contributed by atoms with Crippen LogP contribution in [0.5, 0.6) is 11.5 Å². The van der Waals surface area contributed by atoms with Crippen molar-refractivity contribution in [2.45, 2.75) is 19.3 Å². The van der Waals surface area contributed by atoms with Crippen LogP contribution in [0.2, 0.25) is 0 Å². The van der Waals surface area contributed by atoms with Crippen LogP contribution in [0.15, 0.2) is 18.2 Å². The summed E-state index contributed by atoms with van der Waals surface area (Å²) in [7, 11) is 6.03. The van der Waals surface area contributed by atoms with E-state index in [4.69, 9.17) is 18.9 Å². The van der Waals surface area contributed by atoms with Gasteiger partial charge in [-0.25, -0.2) is 0 Å². The molecule has 1 rings (SSSR count). The quantitative estimate of drug-likeness (QED) is 0.767. The topological polar surface area (TPSA) is 66.0 Å². The molecule has 0 aromatic heterocycles. The Labute approximate surface area is 119 Å². The fraction of sp³-hybridized carbons (Fsp3) is 0.500. The average Bonchev–Trinajstić information content (AvgIpc) is 2.47. The molecule has 6 nitrogen and oxygen atoms in total. The fourth-order valence-corrected chi connectivity index (χ4v) is 1.93. The number of methoxy groups -OCH3 is 4. The smallest absolute Gasteiger partial charge is 0.259 e. The van der Waals surface area contributed by atoms with Gasteiger partial charge in [-0.1, -0.05) is 6.07 Å². The maximum atomic E-state index is 12.4. The molecule has 0 aliphatic rings. The lowest BCUT2D eigenvalue weighted by Gasteiger charge is -2.23. The molecule has 6 heteroatoms. The van der Waals surface area contributed by atoms with Gasteiger partial charge in [-0.3, -0.25) is 4.79 Å². The lowest BCUT2D eigenvalue weighted by Crippen LogP contribution is -2.43. The third-order valence-electron chi connectivity index (χ3n) is 2.89. The number of nitrogens with one attached hydrogen (secondary N) is 1. The molecule has 1 N–H and O–H groups in total. The van der Waals surface area contributed by atoms with Crippen LogP contribution < -0.4 is 14.8 Å². The average molecular weight is 283 g/mol. The Bertz CT molecular complexity index is 423. The first-order chi connectivity index (χ1) is 9.58. The molecule has 1 unspecified atom stereocenters. The summed E-state index contributed by atoms with van der Waals surface area (Å²) >= 11 is 0. The molecule has 0 spiro atoms. The van der Waals surface area contributed by atoms with E-state index in [0.717, 1.165) is 0 Å². The van der Waals surface area contributed by atoms with Crippen molar-refractivity contribution in [3.8, 4) is 11.5 Å². The highest BCUT2D eigenvalue weighted by molar-refractivity contribution is 5.99. The lowest BCUT2D eigenvalue weighted by atomic mass is 10.1. The van der Waals surface area contributed by atoms with Crippen molar-refractivity contribution in [3.63, 3.8) is 0 Å². The molecule has 1 atom stereocenters. The number of ether oxygens (including phenoxy) is 4. The van der Waals surface area contributed by atoms with Crippen LogP contribution in [0.1, 0.15) is 17.3 Å². The number of carbonyl (C=O) groups excluding carboxylic acids is 1. The van der Waals surface area contributed by atoms with E-state index in [1.54, 1.807) is 25.1 Å². The van der Waals surface area contributed by atoms with Gasteiger partial charge in [0.25, 0.3) is 5.91 Å². The molecule has 0 saturated carbocycles. The monoisotopic (exact) mass is 283 g/mol. The summed E-state index contributed by atoms with van der Waals surface area (Å²) in [5, 5.41) is 2.80. The van der Waals surface area contributed by atoms with Crippen LogP contribution in [0.4, 0.5) is 0 Å². The highest BCUT2D eigenvalue weighted by Crippen LogP contribution is 2.28. The summed E-state index contributed by atoms with van der Waals surface area (Å²) in [5.41, 5.74) is 0.343. The highest BCUT2D eigenvalue weighted by Gasteiger charge is 2.23. The predicted octanol–water partition coefficient (Wildman–Crippen LogP) is 1.44. The molecule has 112 valence electrons. The summed E-state index contributed by atoms with van der Waals surface area (Å²) in [4.78, 5) is 12.4. The molecule has 20 heavy (non-hydrogen) atoms. The second-order valence-electron chi connectivity index (χ2n) is 4.14. The zero-order valence-electron chi connectivity index (χ0n) is 12.4. The summed E-state index contributed by atoms with van der Waals surface area (Å²) in [6.07, 6.45) is -0.528. The Morgan fingerprint density at radius 1 is 1.05 bits per heavy atom. The van der Waals surface area contributed by atoms with Crippen molar-refractivity contribution in [1.82, 2.24) is 5.32 Å². The minimum atomic E-state index is -0.528. The van der Waals surface area contributed by atoms with Crippen molar-refractivity contribution >= 4 is 5.91 Å². The number of rotatable bonds is 7. The van der Waals surface area contributed by atoms with E-state index in [0.29, 0.717) is 17.1 Å². The van der Waals surface area contributed by atoms with Gasteiger partial charge < -0.3 is 24.3 Å². The number of hydrogen-bond acceptors (Lipinski definition) is 5. The van der Waals surface area contributed by atoms with E-state index < -0.39 is 6.29 Å². The van der Waals surface area contributed by atoms with Crippen LogP contribution in [-0.4, -0.2) is 46.7 Å². The number of carbonyl (C=O) groups is 1. The molecule has 0 fully saturated rings. The Morgan fingerprint density at radius 3 is 1.95 bits per heavy atom. The normalized spacial score (nSPS) is 12.1. The molecule has 0 heterocycles. The molecular formula is C14H21NO5. The van der Waals surface area contributed by atoms with Crippen LogP contribution >= 0.6 is 0 Å². The Kier molecular flexibility index (Phi) is 6.27. The van der Waals surface area contributed by atoms with E-state index >= 15 is 0 Å². The van der Waals surface area contributed by atoms with Gasteiger partial charge in [0, 0.05) is 14.2 Å². The van der Waals surface area contributed by atoms with Gasteiger partial charge in [0.2, 0.25) is 0 Å². The van der Waals surface area contributed by atoms with Gasteiger partial charge in [-0.15, -0.1) is 0 Å². The SMILES string of the molecule is COc1cccc(OC)c1C(=O)NC(C)C(OC)OC. The Hall–Kier alpha value is -1.79. The minimum absolute atomic E-state index is 0.314. The minimum Gasteiger partial charge on any atom is -0.496 e. The zero-order valence-corrected chi connectivity index (χ0v) is 12.4. The predicted molar refractivity (Wildman–Crippen MR) is 74.3 cm³/mol. The molecule has 0 aliphatic carbocycles. The number of amides is 1. The fourth-order valence-electron chi connectivity index (χ4n) is 1.93. The van der Waals surface area contributed by atoms with Crippen molar-refractivity contribution in [1.29, 1.82) is 0 Å². The van der Waals surface area contributed by atoms with E-state index in [9.17, 15) is 4.79 Å². The second-order valence-corrected chi connectivity index (χ2v) is 4.14. The summed E-state index contributed by atoms with van der Waals surface area (Å²) in [6, 6.07) is 4.83. The van der Waals surface area contributed by atoms with Gasteiger partial charge in [-0.2, -0.15) is 0 Å². The zero-order chi connectivity index (χ0) is 15.1. The molecule has 0 aliphatic heterocycles. The van der Waals surface area contributed by atoms with E-state index in [2.05, 4.69) is 5.32 Å². The van der Waals surface area contributed by atoms with Crippen LogP contribution in [0.25, 0.3) is 0 Å². The van der Waals surface area contributed by atoms with E-state index in [1.165, 1.54) is 28.4 Å². The molecule has 0 radical (unpaired) electrons. The summed E-state index contributed by atoms with van der Waals surface area (Å²) in [6.45, 7) is 1.79. The first kappa shape index (κ1) is 16.3. The Balaban J connectivity index is 2.97. The molecule has 0 bridgehead atoms. The van der Waals surface area contributed by atoms with E-state index in [-0.39, 0.29) is 11.9 Å². The van der Waals surface area contributed by atoms with Crippen molar-refractivity contribution in [2.75, 3.05) is 28.4 Å². The van der Waals surface area contributed by atoms with Crippen LogP contribution in [0.3, 0.4) is 0 Å². The summed E-state index contributed by atoms with van der Waals surface area (Å²) in [5.74, 6) is 0.576. The molecule has 1 amide bonds. The molecular weight excluding hydrogens is 262 g/mol. The van der Waals surface area contributed by atoms with Gasteiger partial charge in [0.05, 0.1) is 20.3 Å². The first-order valence-corrected chi connectivity index (χ1v) is 6.16. The first-order valence-electron chi connectivity index (χ1n) is 6.16. The lowest BCUT2D eigenvalue weighted by molar-refractivity contribution is -0.117. The molecule has 1 aromatic rings. The third-order valence-corrected chi connectivity index (χ3v) is 2.89. The van der Waals surface area contributed by atoms with Gasteiger partial charge in [-0.05, 0) is 19.1 Å². The van der Waals surface area contributed by atoms with Crippen LogP contribution in [0, 0.1) is 0 Å².